The van der Waals surface area contributed by atoms with Gasteiger partial charge in [-0.05, 0) is 81.2 Å². The summed E-state index contributed by atoms with van der Waals surface area (Å²) in [5.41, 5.74) is 1.27. The van der Waals surface area contributed by atoms with Crippen LogP contribution < -0.4 is 10.1 Å². The monoisotopic (exact) mass is 511 g/mol. The number of amides is 1. The number of methoxy groups -OCH3 is 1. The third-order valence-electron chi connectivity index (χ3n) is 6.85. The predicted molar refractivity (Wildman–Crippen MR) is 139 cm³/mol. The number of carbonyl (C=O) groups excluding carboxylic acids is 1. The molecule has 1 N–H and O–H groups in total. The van der Waals surface area contributed by atoms with Gasteiger partial charge in [-0.2, -0.15) is 4.31 Å². The van der Waals surface area contributed by atoms with E-state index in [1.54, 1.807) is 38.0 Å². The summed E-state index contributed by atoms with van der Waals surface area (Å²) in [5.74, 6) is 1.83. The number of hydrogen-bond acceptors (Lipinski definition) is 6. The highest BCUT2D eigenvalue weighted by atomic mass is 32.2. The van der Waals surface area contributed by atoms with Gasteiger partial charge in [0.05, 0.1) is 18.6 Å². The minimum atomic E-state index is -3.68. The van der Waals surface area contributed by atoms with Gasteiger partial charge in [0.25, 0.3) is 0 Å². The summed E-state index contributed by atoms with van der Waals surface area (Å²) in [6.45, 7) is 9.97. The molecule has 0 atom stereocenters. The Morgan fingerprint density at radius 1 is 1.09 bits per heavy atom. The van der Waals surface area contributed by atoms with Crippen molar-refractivity contribution in [3.8, 4) is 5.75 Å². The number of aryl methyl sites for hydroxylation is 2. The van der Waals surface area contributed by atoms with Crippen LogP contribution in [-0.2, 0) is 19.6 Å². The Hall–Kier alpha value is -1.68. The lowest BCUT2D eigenvalue weighted by Crippen LogP contribution is -2.37. The lowest BCUT2D eigenvalue weighted by atomic mass is 9.81. The zero-order valence-electron chi connectivity index (χ0n) is 22.6. The Morgan fingerprint density at radius 2 is 1.66 bits per heavy atom. The summed E-state index contributed by atoms with van der Waals surface area (Å²) in [6, 6.07) is 3.95. The Morgan fingerprint density at radius 3 is 2.20 bits per heavy atom. The molecule has 1 fully saturated rings. The van der Waals surface area contributed by atoms with Gasteiger partial charge in [-0.3, -0.25) is 4.79 Å². The van der Waals surface area contributed by atoms with E-state index >= 15 is 0 Å². The van der Waals surface area contributed by atoms with Gasteiger partial charge in [0.2, 0.25) is 15.9 Å². The smallest absolute Gasteiger partial charge is 0.248 e. The summed E-state index contributed by atoms with van der Waals surface area (Å²) in [5, 5.41) is 3.53. The van der Waals surface area contributed by atoms with E-state index in [9.17, 15) is 13.2 Å². The van der Waals surface area contributed by atoms with E-state index in [-0.39, 0.29) is 30.6 Å². The van der Waals surface area contributed by atoms with Crippen molar-refractivity contribution in [2.24, 2.45) is 11.8 Å². The van der Waals surface area contributed by atoms with Crippen LogP contribution in [0.25, 0.3) is 0 Å². The maximum Gasteiger partial charge on any atom is 0.248 e. The molecule has 0 aliphatic heterocycles. The number of ether oxygens (including phenoxy) is 2. The van der Waals surface area contributed by atoms with Gasteiger partial charge in [-0.15, -0.1) is 0 Å². The predicted octanol–water partition coefficient (Wildman–Crippen LogP) is 3.21. The third-order valence-corrected chi connectivity index (χ3v) is 9.02. The van der Waals surface area contributed by atoms with Crippen LogP contribution in [0.3, 0.4) is 0 Å². The lowest BCUT2D eigenvalue weighted by molar-refractivity contribution is -0.135. The van der Waals surface area contributed by atoms with Gasteiger partial charge in [0.15, 0.2) is 0 Å². The summed E-state index contributed by atoms with van der Waals surface area (Å²) in [4.78, 5) is 14.6. The van der Waals surface area contributed by atoms with Crippen molar-refractivity contribution < 1.29 is 22.7 Å². The van der Waals surface area contributed by atoms with Crippen LogP contribution in [-0.4, -0.2) is 83.6 Å². The number of nitrogens with one attached hydrogen (secondary N) is 1. The molecule has 0 bridgehead atoms. The van der Waals surface area contributed by atoms with Gasteiger partial charge in [0.1, 0.15) is 12.4 Å². The molecule has 0 radical (unpaired) electrons. The minimum Gasteiger partial charge on any atom is -0.497 e. The molecule has 9 heteroatoms. The van der Waals surface area contributed by atoms with Crippen molar-refractivity contribution in [3.63, 3.8) is 0 Å². The van der Waals surface area contributed by atoms with Gasteiger partial charge in [0, 0.05) is 33.2 Å². The lowest BCUT2D eigenvalue weighted by Gasteiger charge is -2.31. The zero-order chi connectivity index (χ0) is 26.2. The number of benzene rings is 1. The van der Waals surface area contributed by atoms with E-state index in [1.165, 1.54) is 24.2 Å². The second-order valence-corrected chi connectivity index (χ2v) is 12.2. The normalized spacial score (nSPS) is 18.8. The molecule has 1 aromatic carbocycles. The summed E-state index contributed by atoms with van der Waals surface area (Å²) < 4.78 is 38.2. The zero-order valence-corrected chi connectivity index (χ0v) is 23.4. The van der Waals surface area contributed by atoms with Crippen LogP contribution in [0.2, 0.25) is 0 Å². The highest BCUT2D eigenvalue weighted by Crippen LogP contribution is 2.29. The van der Waals surface area contributed by atoms with Crippen molar-refractivity contribution in [3.05, 3.63) is 23.3 Å². The van der Waals surface area contributed by atoms with E-state index in [1.807, 2.05) is 7.05 Å². The molecule has 1 aromatic rings. The Balaban J connectivity index is 1.74. The largest absolute Gasteiger partial charge is 0.497 e. The molecule has 2 rings (SSSR count). The maximum atomic E-state index is 13.1. The van der Waals surface area contributed by atoms with Crippen molar-refractivity contribution in [1.29, 1.82) is 0 Å². The standard InChI is InChI=1S/C26H45N3O5S/c1-19(2)27-16-22-8-10-23(11-9-22)17-28(5)25(30)18-34-13-12-29(6)35(31,32)26-20(3)14-24(33-7)15-21(26)4/h14-15,19,22-23,27H,8-13,16-18H2,1-7H3. The fourth-order valence-electron chi connectivity index (χ4n) is 4.68. The number of hydrogen-bond donors (Lipinski definition) is 1. The third kappa shape index (κ3) is 8.74. The van der Waals surface area contributed by atoms with Crippen LogP contribution in [0.15, 0.2) is 17.0 Å². The number of likely N-dealkylation sites (N-methyl/N-ethyl adjacent to an activating group) is 2. The van der Waals surface area contributed by atoms with Gasteiger partial charge in [-0.1, -0.05) is 13.8 Å². The molecular weight excluding hydrogens is 466 g/mol. The van der Waals surface area contributed by atoms with Crippen LogP contribution in [0.4, 0.5) is 0 Å². The molecule has 1 amide bonds. The second kappa shape index (κ2) is 13.6. The average Bonchev–Trinajstić information content (AvgIpc) is 2.80. The molecule has 0 saturated heterocycles. The number of rotatable bonds is 13. The Labute approximate surface area is 212 Å². The first kappa shape index (κ1) is 29.5. The first-order valence-corrected chi connectivity index (χ1v) is 14.1. The number of nitrogens with zero attached hydrogens (tertiary/aromatic N) is 2. The highest BCUT2D eigenvalue weighted by Gasteiger charge is 2.26. The summed E-state index contributed by atoms with van der Waals surface area (Å²) in [6.07, 6.45) is 4.71. The molecule has 0 heterocycles. The second-order valence-electron chi connectivity index (χ2n) is 10.2. The van der Waals surface area contributed by atoms with Crippen LogP contribution >= 0.6 is 0 Å². The van der Waals surface area contributed by atoms with E-state index < -0.39 is 10.0 Å². The van der Waals surface area contributed by atoms with Crippen molar-refractivity contribution in [2.45, 2.75) is 64.3 Å². The van der Waals surface area contributed by atoms with Gasteiger partial charge < -0.3 is 19.7 Å². The molecule has 1 saturated carbocycles. The van der Waals surface area contributed by atoms with Gasteiger partial charge in [-0.25, -0.2) is 8.42 Å². The molecule has 1 aliphatic rings. The Bertz CT molecular complexity index is 904. The summed E-state index contributed by atoms with van der Waals surface area (Å²) >= 11 is 0. The molecule has 200 valence electrons. The van der Waals surface area contributed by atoms with Crippen LogP contribution in [0.1, 0.15) is 50.7 Å². The van der Waals surface area contributed by atoms with E-state index in [2.05, 4.69) is 19.2 Å². The fraction of sp³-hybridized carbons (Fsp3) is 0.731. The molecule has 0 unspecified atom stereocenters. The average molecular weight is 512 g/mol. The number of carbonyl (C=O) groups is 1. The van der Waals surface area contributed by atoms with Crippen molar-refractivity contribution >= 4 is 15.9 Å². The molecular formula is C26H45N3O5S. The summed E-state index contributed by atoms with van der Waals surface area (Å²) in [7, 11) is 1.23. The maximum absolute atomic E-state index is 13.1. The van der Waals surface area contributed by atoms with Crippen LogP contribution in [0.5, 0.6) is 5.75 Å². The number of sulfonamides is 1. The quantitative estimate of drug-likeness (QED) is 0.409. The molecule has 0 spiro atoms. The highest BCUT2D eigenvalue weighted by molar-refractivity contribution is 7.89. The van der Waals surface area contributed by atoms with Crippen molar-refractivity contribution in [2.75, 3.05) is 54.1 Å². The first-order chi connectivity index (χ1) is 16.4. The van der Waals surface area contributed by atoms with Gasteiger partial charge >= 0.3 is 0 Å². The van der Waals surface area contributed by atoms with E-state index in [0.29, 0.717) is 28.8 Å². The molecule has 8 nitrogen and oxygen atoms in total. The van der Waals surface area contributed by atoms with E-state index in [0.717, 1.165) is 31.8 Å². The minimum absolute atomic E-state index is 0.0430. The SMILES string of the molecule is COc1cc(C)c(S(=O)(=O)N(C)CCOCC(=O)N(C)CC2CCC(CNC(C)C)CC2)c(C)c1. The first-order valence-electron chi connectivity index (χ1n) is 12.6. The Kier molecular flexibility index (Phi) is 11.5. The topological polar surface area (TPSA) is 88.2 Å². The van der Waals surface area contributed by atoms with E-state index in [4.69, 9.17) is 9.47 Å². The molecule has 35 heavy (non-hydrogen) atoms. The van der Waals surface area contributed by atoms with Crippen LogP contribution in [0, 0.1) is 25.7 Å². The molecule has 1 aliphatic carbocycles. The van der Waals surface area contributed by atoms with Crippen molar-refractivity contribution in [1.82, 2.24) is 14.5 Å². The molecule has 0 aromatic heterocycles. The fourth-order valence-corrected chi connectivity index (χ4v) is 6.24.